The van der Waals surface area contributed by atoms with E-state index in [2.05, 4.69) is 10.6 Å². The molecule has 0 aliphatic carbocycles. The van der Waals surface area contributed by atoms with E-state index < -0.39 is 0 Å². The Kier molecular flexibility index (Phi) is 5.81. The molecule has 5 nitrogen and oxygen atoms in total. The van der Waals surface area contributed by atoms with Crippen LogP contribution in [0.2, 0.25) is 0 Å². The molecule has 0 spiro atoms. The lowest BCUT2D eigenvalue weighted by Crippen LogP contribution is -2.48. The Morgan fingerprint density at radius 2 is 2.04 bits per heavy atom. The number of methoxy groups -OCH3 is 1. The number of ether oxygens (including phenoxy) is 2. The van der Waals surface area contributed by atoms with Gasteiger partial charge in [-0.3, -0.25) is 4.79 Å². The van der Waals surface area contributed by atoms with Crippen molar-refractivity contribution in [2.75, 3.05) is 20.3 Å². The van der Waals surface area contributed by atoms with Crippen molar-refractivity contribution in [1.82, 2.24) is 10.6 Å². The zero-order valence-corrected chi connectivity index (χ0v) is 14.0. The van der Waals surface area contributed by atoms with Gasteiger partial charge in [-0.25, -0.2) is 4.39 Å². The maximum Gasteiger partial charge on any atom is 0.251 e. The largest absolute Gasteiger partial charge is 0.382 e. The fourth-order valence-electron chi connectivity index (χ4n) is 3.59. The molecule has 2 unspecified atom stereocenters. The molecule has 2 bridgehead atoms. The smallest absolute Gasteiger partial charge is 0.251 e. The van der Waals surface area contributed by atoms with E-state index >= 15 is 0 Å². The van der Waals surface area contributed by atoms with Crippen molar-refractivity contribution in [1.29, 1.82) is 0 Å². The van der Waals surface area contributed by atoms with Crippen LogP contribution in [0.5, 0.6) is 0 Å². The number of rotatable bonds is 7. The minimum Gasteiger partial charge on any atom is -0.382 e. The van der Waals surface area contributed by atoms with Crippen LogP contribution in [0.1, 0.15) is 41.6 Å². The van der Waals surface area contributed by atoms with Gasteiger partial charge >= 0.3 is 0 Å². The molecular formula is C18H25FN2O3. The molecule has 2 atom stereocenters. The molecule has 132 valence electrons. The molecule has 2 fully saturated rings. The first-order valence-electron chi connectivity index (χ1n) is 8.57. The highest BCUT2D eigenvalue weighted by atomic mass is 19.1. The van der Waals surface area contributed by atoms with Gasteiger partial charge in [-0.2, -0.15) is 0 Å². The lowest BCUT2D eigenvalue weighted by atomic mass is 9.99. The summed E-state index contributed by atoms with van der Waals surface area (Å²) >= 11 is 0. The summed E-state index contributed by atoms with van der Waals surface area (Å²) < 4.78 is 24.1. The molecule has 3 rings (SSSR count). The molecule has 0 aromatic heterocycles. The molecule has 2 saturated heterocycles. The van der Waals surface area contributed by atoms with Gasteiger partial charge in [-0.1, -0.05) is 0 Å². The number of nitrogens with one attached hydrogen (secondary N) is 2. The fraction of sp³-hybridized carbons (Fsp3) is 0.611. The van der Waals surface area contributed by atoms with Crippen LogP contribution in [0.4, 0.5) is 4.39 Å². The molecule has 6 heteroatoms. The van der Waals surface area contributed by atoms with Crippen molar-refractivity contribution >= 4 is 5.91 Å². The van der Waals surface area contributed by atoms with E-state index in [0.717, 1.165) is 12.8 Å². The van der Waals surface area contributed by atoms with E-state index in [4.69, 9.17) is 9.47 Å². The van der Waals surface area contributed by atoms with Crippen LogP contribution in [0.3, 0.4) is 0 Å². The second-order valence-electron chi connectivity index (χ2n) is 6.63. The molecule has 1 amide bonds. The molecular weight excluding hydrogens is 311 g/mol. The van der Waals surface area contributed by atoms with Gasteiger partial charge in [0.2, 0.25) is 0 Å². The molecule has 1 aromatic carbocycles. The highest BCUT2D eigenvalue weighted by Gasteiger charge is 2.34. The van der Waals surface area contributed by atoms with Gasteiger partial charge in [0, 0.05) is 36.4 Å². The zero-order valence-electron chi connectivity index (χ0n) is 14.0. The monoisotopic (exact) mass is 336 g/mol. The average Bonchev–Trinajstić information content (AvgIpc) is 2.91. The van der Waals surface area contributed by atoms with Crippen molar-refractivity contribution in [3.05, 3.63) is 35.1 Å². The quantitative estimate of drug-likeness (QED) is 0.748. The van der Waals surface area contributed by atoms with E-state index in [1.807, 2.05) is 0 Å². The summed E-state index contributed by atoms with van der Waals surface area (Å²) in [5.41, 5.74) is 0.872. The highest BCUT2D eigenvalue weighted by molar-refractivity contribution is 5.94. The summed E-state index contributed by atoms with van der Waals surface area (Å²) in [5, 5.41) is 6.65. The maximum atomic E-state index is 13.9. The van der Waals surface area contributed by atoms with Crippen LogP contribution < -0.4 is 10.6 Å². The number of benzene rings is 1. The first kappa shape index (κ1) is 17.3. The lowest BCUT2D eigenvalue weighted by molar-refractivity contribution is 0.0603. The molecule has 0 radical (unpaired) electrons. The van der Waals surface area contributed by atoms with Crippen LogP contribution in [-0.4, -0.2) is 44.4 Å². The minimum absolute atomic E-state index is 0.133. The van der Waals surface area contributed by atoms with E-state index in [1.54, 1.807) is 13.2 Å². The van der Waals surface area contributed by atoms with Crippen molar-refractivity contribution in [2.24, 2.45) is 0 Å². The molecule has 0 saturated carbocycles. The number of halogens is 1. The van der Waals surface area contributed by atoms with Gasteiger partial charge in [-0.15, -0.1) is 0 Å². The molecule has 1 aromatic rings. The Labute approximate surface area is 141 Å². The Bertz CT molecular complexity index is 569. The lowest BCUT2D eigenvalue weighted by Gasteiger charge is -2.29. The van der Waals surface area contributed by atoms with E-state index in [1.165, 1.54) is 25.0 Å². The SMILES string of the molecule is COCCOCc1cc(C(=O)NC2CC3CCC(C2)N3)ccc1F. The third kappa shape index (κ3) is 4.32. The van der Waals surface area contributed by atoms with Crippen LogP contribution >= 0.6 is 0 Å². The highest BCUT2D eigenvalue weighted by Crippen LogP contribution is 2.27. The van der Waals surface area contributed by atoms with Crippen molar-refractivity contribution < 1.29 is 18.7 Å². The first-order chi connectivity index (χ1) is 11.7. The van der Waals surface area contributed by atoms with E-state index in [-0.39, 0.29) is 24.4 Å². The van der Waals surface area contributed by atoms with Crippen molar-refractivity contribution in [3.63, 3.8) is 0 Å². The topological polar surface area (TPSA) is 59.6 Å². The predicted octanol–water partition coefficient (Wildman–Crippen LogP) is 2.00. The predicted molar refractivity (Wildman–Crippen MR) is 88.4 cm³/mol. The minimum atomic E-state index is -0.358. The van der Waals surface area contributed by atoms with Gasteiger partial charge in [0.15, 0.2) is 0 Å². The number of fused-ring (bicyclic) bond motifs is 2. The van der Waals surface area contributed by atoms with Crippen LogP contribution in [0, 0.1) is 5.82 Å². The summed E-state index contributed by atoms with van der Waals surface area (Å²) in [4.78, 5) is 12.5. The Balaban J connectivity index is 1.58. The summed E-state index contributed by atoms with van der Waals surface area (Å²) in [6, 6.07) is 5.67. The third-order valence-corrected chi connectivity index (χ3v) is 4.81. The summed E-state index contributed by atoms with van der Waals surface area (Å²) in [5.74, 6) is -0.497. The Morgan fingerprint density at radius 1 is 1.29 bits per heavy atom. The van der Waals surface area contributed by atoms with Gasteiger partial charge in [0.1, 0.15) is 5.82 Å². The summed E-state index contributed by atoms with van der Waals surface area (Å²) in [6.45, 7) is 0.984. The second kappa shape index (κ2) is 8.05. The number of amides is 1. The molecule has 2 heterocycles. The zero-order chi connectivity index (χ0) is 16.9. The molecule has 2 aliphatic heterocycles. The summed E-state index contributed by atoms with van der Waals surface area (Å²) in [6.07, 6.45) is 4.32. The Morgan fingerprint density at radius 3 is 2.75 bits per heavy atom. The summed E-state index contributed by atoms with van der Waals surface area (Å²) in [7, 11) is 1.59. The first-order valence-corrected chi connectivity index (χ1v) is 8.57. The van der Waals surface area contributed by atoms with Crippen LogP contribution in [0.25, 0.3) is 0 Å². The van der Waals surface area contributed by atoms with Gasteiger partial charge in [0.05, 0.1) is 19.8 Å². The van der Waals surface area contributed by atoms with E-state index in [0.29, 0.717) is 36.4 Å². The van der Waals surface area contributed by atoms with Gasteiger partial charge < -0.3 is 20.1 Å². The number of carbonyl (C=O) groups is 1. The molecule has 24 heavy (non-hydrogen) atoms. The number of piperidine rings is 1. The standard InChI is InChI=1S/C18H25FN2O3/c1-23-6-7-24-11-13-8-12(2-5-17(13)19)18(22)21-16-9-14-3-4-15(10-16)20-14/h2,5,8,14-16,20H,3-4,6-7,9-11H2,1H3,(H,21,22). The normalized spacial score (nSPS) is 25.7. The van der Waals surface area contributed by atoms with Gasteiger partial charge in [0.25, 0.3) is 5.91 Å². The third-order valence-electron chi connectivity index (χ3n) is 4.81. The second-order valence-corrected chi connectivity index (χ2v) is 6.63. The van der Waals surface area contributed by atoms with Crippen molar-refractivity contribution in [3.8, 4) is 0 Å². The molecule has 2 N–H and O–H groups in total. The fourth-order valence-corrected chi connectivity index (χ4v) is 3.59. The number of hydrogen-bond acceptors (Lipinski definition) is 4. The van der Waals surface area contributed by atoms with Crippen molar-refractivity contribution in [2.45, 2.75) is 50.4 Å². The van der Waals surface area contributed by atoms with E-state index in [9.17, 15) is 9.18 Å². The van der Waals surface area contributed by atoms with Crippen LogP contribution in [0.15, 0.2) is 18.2 Å². The number of carbonyl (C=O) groups excluding carboxylic acids is 1. The Hall–Kier alpha value is -1.50. The number of hydrogen-bond donors (Lipinski definition) is 2. The maximum absolute atomic E-state index is 13.9. The van der Waals surface area contributed by atoms with Gasteiger partial charge in [-0.05, 0) is 43.9 Å². The van der Waals surface area contributed by atoms with Crippen LogP contribution in [-0.2, 0) is 16.1 Å². The average molecular weight is 336 g/mol. The molecule has 2 aliphatic rings.